The number of rotatable bonds is 7. The summed E-state index contributed by atoms with van der Waals surface area (Å²) in [5.74, 6) is 1.33. The summed E-state index contributed by atoms with van der Waals surface area (Å²) in [4.78, 5) is 12.8. The number of benzene rings is 3. The van der Waals surface area contributed by atoms with Crippen LogP contribution in [-0.4, -0.2) is 12.5 Å². The van der Waals surface area contributed by atoms with E-state index in [1.54, 1.807) is 30.3 Å². The lowest BCUT2D eigenvalue weighted by Gasteiger charge is -2.23. The monoisotopic (exact) mass is 437 g/mol. The Morgan fingerprint density at radius 1 is 0.935 bits per heavy atom. The van der Waals surface area contributed by atoms with Gasteiger partial charge in [0.1, 0.15) is 18.1 Å². The van der Waals surface area contributed by atoms with Crippen LogP contribution in [0.2, 0.25) is 5.02 Å². The molecule has 3 aromatic rings. The molecule has 1 amide bonds. The number of carbonyl (C=O) groups is 1. The average Bonchev–Trinajstić information content (AvgIpc) is 2.74. The maximum Gasteiger partial charge on any atom is 0.255 e. The molecule has 3 rings (SSSR count). The smallest absolute Gasteiger partial charge is 0.255 e. The van der Waals surface area contributed by atoms with Gasteiger partial charge in [0, 0.05) is 21.8 Å². The minimum Gasteiger partial charge on any atom is -0.493 e. The number of halogens is 1. The summed E-state index contributed by atoms with van der Waals surface area (Å²) in [5.41, 5.74) is 3.11. The van der Waals surface area contributed by atoms with E-state index in [4.69, 9.17) is 21.1 Å². The van der Waals surface area contributed by atoms with Crippen molar-refractivity contribution in [2.75, 3.05) is 11.9 Å². The molecule has 162 valence electrons. The van der Waals surface area contributed by atoms with Crippen LogP contribution in [0, 0.1) is 0 Å². The standard InChI is InChI=1S/C26H28ClNO3/c1-5-30-23-15-10-18(25(29)28-21-13-11-20(27)12-14-21)16-19(23)17-31-24-9-7-6-8-22(24)26(2,3)4/h6-16H,5,17H2,1-4H3,(H,28,29). The van der Waals surface area contributed by atoms with Crippen molar-refractivity contribution in [3.63, 3.8) is 0 Å². The summed E-state index contributed by atoms with van der Waals surface area (Å²) >= 11 is 5.92. The molecule has 0 aliphatic carbocycles. The fraction of sp³-hybridized carbons (Fsp3) is 0.269. The molecule has 0 aromatic heterocycles. The summed E-state index contributed by atoms with van der Waals surface area (Å²) in [7, 11) is 0. The van der Waals surface area contributed by atoms with Crippen LogP contribution in [0.4, 0.5) is 5.69 Å². The van der Waals surface area contributed by atoms with Crippen LogP contribution in [0.3, 0.4) is 0 Å². The molecule has 0 saturated heterocycles. The van der Waals surface area contributed by atoms with E-state index < -0.39 is 0 Å². The molecule has 0 aliphatic heterocycles. The molecule has 0 saturated carbocycles. The van der Waals surface area contributed by atoms with Crippen LogP contribution >= 0.6 is 11.6 Å². The van der Waals surface area contributed by atoms with Crippen molar-refractivity contribution in [2.24, 2.45) is 0 Å². The molecule has 0 atom stereocenters. The quantitative estimate of drug-likeness (QED) is 0.438. The topological polar surface area (TPSA) is 47.6 Å². The Bertz CT molecular complexity index is 1040. The van der Waals surface area contributed by atoms with Gasteiger partial charge in [0.15, 0.2) is 0 Å². The Hall–Kier alpha value is -2.98. The van der Waals surface area contributed by atoms with Crippen molar-refractivity contribution in [1.82, 2.24) is 0 Å². The van der Waals surface area contributed by atoms with E-state index in [1.165, 1.54) is 0 Å². The zero-order valence-electron chi connectivity index (χ0n) is 18.4. The van der Waals surface area contributed by atoms with Gasteiger partial charge in [-0.1, -0.05) is 50.6 Å². The van der Waals surface area contributed by atoms with E-state index in [9.17, 15) is 4.79 Å². The van der Waals surface area contributed by atoms with Gasteiger partial charge < -0.3 is 14.8 Å². The Balaban J connectivity index is 1.82. The summed E-state index contributed by atoms with van der Waals surface area (Å²) in [5, 5.41) is 3.51. The van der Waals surface area contributed by atoms with Gasteiger partial charge in [0.2, 0.25) is 0 Å². The predicted octanol–water partition coefficient (Wildman–Crippen LogP) is 6.87. The van der Waals surface area contributed by atoms with Crippen molar-refractivity contribution in [1.29, 1.82) is 0 Å². The maximum atomic E-state index is 12.8. The van der Waals surface area contributed by atoms with E-state index in [1.807, 2.05) is 37.3 Å². The van der Waals surface area contributed by atoms with Gasteiger partial charge >= 0.3 is 0 Å². The van der Waals surface area contributed by atoms with Crippen LogP contribution in [0.1, 0.15) is 49.2 Å². The first kappa shape index (κ1) is 22.7. The summed E-state index contributed by atoms with van der Waals surface area (Å²) in [6.07, 6.45) is 0. The molecule has 0 spiro atoms. The highest BCUT2D eigenvalue weighted by atomic mass is 35.5. The lowest BCUT2D eigenvalue weighted by molar-refractivity contribution is 0.102. The number of nitrogens with one attached hydrogen (secondary N) is 1. The van der Waals surface area contributed by atoms with Crippen molar-refractivity contribution in [2.45, 2.75) is 39.7 Å². The van der Waals surface area contributed by atoms with E-state index in [2.05, 4.69) is 32.2 Å². The molecule has 0 radical (unpaired) electrons. The number of amides is 1. The van der Waals surface area contributed by atoms with Crippen molar-refractivity contribution < 1.29 is 14.3 Å². The molecular weight excluding hydrogens is 410 g/mol. The number of para-hydroxylation sites is 1. The number of carbonyl (C=O) groups excluding carboxylic acids is 1. The molecule has 1 N–H and O–H groups in total. The third-order valence-electron chi connectivity index (χ3n) is 4.80. The summed E-state index contributed by atoms with van der Waals surface area (Å²) in [6.45, 7) is 9.22. The van der Waals surface area contributed by atoms with Crippen LogP contribution in [0.5, 0.6) is 11.5 Å². The lowest BCUT2D eigenvalue weighted by atomic mass is 9.86. The summed E-state index contributed by atoms with van der Waals surface area (Å²) in [6, 6.07) is 20.4. The molecular formula is C26H28ClNO3. The molecule has 31 heavy (non-hydrogen) atoms. The van der Waals surface area contributed by atoms with Gasteiger partial charge in [-0.15, -0.1) is 0 Å². The lowest BCUT2D eigenvalue weighted by Crippen LogP contribution is -2.14. The van der Waals surface area contributed by atoms with Gasteiger partial charge in [-0.2, -0.15) is 0 Å². The SMILES string of the molecule is CCOc1ccc(C(=O)Nc2ccc(Cl)cc2)cc1COc1ccccc1C(C)(C)C. The molecule has 4 nitrogen and oxygen atoms in total. The molecule has 3 aromatic carbocycles. The minimum atomic E-state index is -0.207. The molecule has 5 heteroatoms. The van der Waals surface area contributed by atoms with Crippen molar-refractivity contribution >= 4 is 23.2 Å². The normalized spacial score (nSPS) is 11.1. The first-order valence-corrected chi connectivity index (χ1v) is 10.7. The first-order chi connectivity index (χ1) is 14.8. The third kappa shape index (κ3) is 6.02. The Kier molecular flexibility index (Phi) is 7.24. The Morgan fingerprint density at radius 3 is 2.32 bits per heavy atom. The van der Waals surface area contributed by atoms with E-state index in [0.29, 0.717) is 35.2 Å². The van der Waals surface area contributed by atoms with E-state index in [0.717, 1.165) is 16.9 Å². The van der Waals surface area contributed by atoms with Crippen LogP contribution in [-0.2, 0) is 12.0 Å². The third-order valence-corrected chi connectivity index (χ3v) is 5.05. The van der Waals surface area contributed by atoms with Crippen molar-refractivity contribution in [3.8, 4) is 11.5 Å². The number of ether oxygens (including phenoxy) is 2. The van der Waals surface area contributed by atoms with Crippen LogP contribution < -0.4 is 14.8 Å². The predicted molar refractivity (Wildman–Crippen MR) is 126 cm³/mol. The molecule has 0 heterocycles. The molecule has 0 fully saturated rings. The first-order valence-electron chi connectivity index (χ1n) is 10.3. The zero-order valence-corrected chi connectivity index (χ0v) is 19.1. The maximum absolute atomic E-state index is 12.8. The highest BCUT2D eigenvalue weighted by Crippen LogP contribution is 2.32. The van der Waals surface area contributed by atoms with Gasteiger partial charge in [0.05, 0.1) is 6.61 Å². The van der Waals surface area contributed by atoms with Gasteiger partial charge in [-0.05, 0) is 66.4 Å². The van der Waals surface area contributed by atoms with Gasteiger partial charge in [0.25, 0.3) is 5.91 Å². The zero-order chi connectivity index (χ0) is 22.4. The van der Waals surface area contributed by atoms with Crippen LogP contribution in [0.15, 0.2) is 66.7 Å². The highest BCUT2D eigenvalue weighted by Gasteiger charge is 2.19. The van der Waals surface area contributed by atoms with Crippen LogP contribution in [0.25, 0.3) is 0 Å². The summed E-state index contributed by atoms with van der Waals surface area (Å²) < 4.78 is 11.9. The largest absolute Gasteiger partial charge is 0.493 e. The second kappa shape index (κ2) is 9.88. The fourth-order valence-corrected chi connectivity index (χ4v) is 3.36. The molecule has 0 aliphatic rings. The second-order valence-electron chi connectivity index (χ2n) is 8.25. The number of hydrogen-bond donors (Lipinski definition) is 1. The molecule has 0 bridgehead atoms. The van der Waals surface area contributed by atoms with Gasteiger partial charge in [-0.3, -0.25) is 4.79 Å². The Labute approximate surface area is 189 Å². The van der Waals surface area contributed by atoms with E-state index in [-0.39, 0.29) is 11.3 Å². The van der Waals surface area contributed by atoms with Crippen molar-refractivity contribution in [3.05, 3.63) is 88.4 Å². The number of anilines is 1. The average molecular weight is 438 g/mol. The Morgan fingerprint density at radius 2 is 1.65 bits per heavy atom. The number of hydrogen-bond acceptors (Lipinski definition) is 3. The fourth-order valence-electron chi connectivity index (χ4n) is 3.23. The highest BCUT2D eigenvalue weighted by molar-refractivity contribution is 6.30. The minimum absolute atomic E-state index is 0.0420. The second-order valence-corrected chi connectivity index (χ2v) is 8.69. The van der Waals surface area contributed by atoms with E-state index >= 15 is 0 Å². The molecule has 0 unspecified atom stereocenters. The van der Waals surface area contributed by atoms with Gasteiger partial charge in [-0.25, -0.2) is 0 Å².